The highest BCUT2D eigenvalue weighted by Crippen LogP contribution is 2.11. The van der Waals surface area contributed by atoms with Crippen LogP contribution in [-0.4, -0.2) is 63.5 Å². The number of nitrogens with zero attached hydrogens (tertiary/aromatic N) is 1. The van der Waals surface area contributed by atoms with Gasteiger partial charge < -0.3 is 14.8 Å². The van der Waals surface area contributed by atoms with Gasteiger partial charge in [-0.2, -0.15) is 0 Å². The topological polar surface area (TPSA) is 33.7 Å². The van der Waals surface area contributed by atoms with Crippen LogP contribution in [0.3, 0.4) is 0 Å². The first-order valence-electron chi connectivity index (χ1n) is 6.29. The van der Waals surface area contributed by atoms with Crippen LogP contribution >= 0.6 is 0 Å². The van der Waals surface area contributed by atoms with E-state index >= 15 is 0 Å². The molecule has 4 heteroatoms. The van der Waals surface area contributed by atoms with Crippen molar-refractivity contribution in [2.45, 2.75) is 32.4 Å². The van der Waals surface area contributed by atoms with Crippen molar-refractivity contribution < 1.29 is 9.47 Å². The van der Waals surface area contributed by atoms with Crippen LogP contribution in [0.5, 0.6) is 0 Å². The van der Waals surface area contributed by atoms with Gasteiger partial charge in [0.05, 0.1) is 19.3 Å². The van der Waals surface area contributed by atoms with Crippen molar-refractivity contribution in [3.8, 4) is 0 Å². The molecule has 1 rings (SSSR count). The highest BCUT2D eigenvalue weighted by atomic mass is 16.5. The minimum Gasteiger partial charge on any atom is -0.383 e. The molecule has 2 atom stereocenters. The molecule has 1 aliphatic heterocycles. The Hall–Kier alpha value is -0.160. The summed E-state index contributed by atoms with van der Waals surface area (Å²) in [5, 5.41) is 3.37. The van der Waals surface area contributed by atoms with E-state index in [1.807, 2.05) is 0 Å². The number of ether oxygens (including phenoxy) is 2. The van der Waals surface area contributed by atoms with E-state index in [-0.39, 0.29) is 0 Å². The van der Waals surface area contributed by atoms with Crippen molar-refractivity contribution in [1.82, 2.24) is 10.2 Å². The number of hydrogen-bond acceptors (Lipinski definition) is 4. The van der Waals surface area contributed by atoms with E-state index < -0.39 is 0 Å². The van der Waals surface area contributed by atoms with Gasteiger partial charge >= 0.3 is 0 Å². The Morgan fingerprint density at radius 3 is 2.94 bits per heavy atom. The second-order valence-electron chi connectivity index (χ2n) is 4.58. The Bertz CT molecular complexity index is 178. The number of morpholine rings is 1. The average Bonchev–Trinajstić information content (AvgIpc) is 2.28. The van der Waals surface area contributed by atoms with E-state index in [0.717, 1.165) is 39.4 Å². The van der Waals surface area contributed by atoms with Gasteiger partial charge in [0.1, 0.15) is 0 Å². The molecule has 0 spiro atoms. The summed E-state index contributed by atoms with van der Waals surface area (Å²) in [6.45, 7) is 10.3. The predicted octanol–water partition coefficient (Wildman–Crippen LogP) is 0.722. The third-order valence-corrected chi connectivity index (χ3v) is 3.02. The fraction of sp³-hybridized carbons (Fsp3) is 1.00. The molecule has 1 aliphatic rings. The summed E-state index contributed by atoms with van der Waals surface area (Å²) in [7, 11) is 1.73. The van der Waals surface area contributed by atoms with Gasteiger partial charge in [-0.3, -0.25) is 4.90 Å². The fourth-order valence-electron chi connectivity index (χ4n) is 1.99. The molecule has 0 saturated carbocycles. The van der Waals surface area contributed by atoms with Crippen LogP contribution in [0.1, 0.15) is 20.3 Å². The van der Waals surface area contributed by atoms with Gasteiger partial charge in [-0.1, -0.05) is 0 Å². The molecule has 0 aromatic rings. The Kier molecular flexibility index (Phi) is 6.96. The van der Waals surface area contributed by atoms with E-state index in [9.17, 15) is 0 Å². The molecule has 96 valence electrons. The van der Waals surface area contributed by atoms with E-state index in [0.29, 0.717) is 12.1 Å². The molecule has 16 heavy (non-hydrogen) atoms. The van der Waals surface area contributed by atoms with E-state index in [2.05, 4.69) is 24.1 Å². The molecule has 2 unspecified atom stereocenters. The molecule has 1 fully saturated rings. The number of hydrogen-bond donors (Lipinski definition) is 1. The lowest BCUT2D eigenvalue weighted by molar-refractivity contribution is -0.0494. The summed E-state index contributed by atoms with van der Waals surface area (Å²) >= 11 is 0. The maximum atomic E-state index is 5.61. The van der Waals surface area contributed by atoms with Crippen molar-refractivity contribution in [3.05, 3.63) is 0 Å². The molecule has 1 heterocycles. The zero-order valence-corrected chi connectivity index (χ0v) is 10.9. The van der Waals surface area contributed by atoms with Gasteiger partial charge in [0.25, 0.3) is 0 Å². The van der Waals surface area contributed by atoms with Gasteiger partial charge in [-0.15, -0.1) is 0 Å². The molecule has 0 radical (unpaired) electrons. The summed E-state index contributed by atoms with van der Waals surface area (Å²) in [6.07, 6.45) is 1.58. The molecule has 0 amide bonds. The van der Waals surface area contributed by atoms with Gasteiger partial charge in [-0.25, -0.2) is 0 Å². The van der Waals surface area contributed by atoms with Crippen LogP contribution in [0, 0.1) is 0 Å². The van der Waals surface area contributed by atoms with Gasteiger partial charge in [0.2, 0.25) is 0 Å². The van der Waals surface area contributed by atoms with Crippen molar-refractivity contribution in [1.29, 1.82) is 0 Å². The molecule has 0 aromatic carbocycles. The smallest absolute Gasteiger partial charge is 0.0674 e. The molecular formula is C12H26N2O2. The van der Waals surface area contributed by atoms with Gasteiger partial charge in [0, 0.05) is 26.2 Å². The normalized spacial score (nSPS) is 27.2. The lowest BCUT2D eigenvalue weighted by Crippen LogP contribution is -2.47. The first-order chi connectivity index (χ1) is 7.74. The Labute approximate surface area is 99.3 Å². The molecule has 0 aromatic heterocycles. The standard InChI is InChI=1S/C12H26N2O2/c1-11-10-16-12(2)9-14(11)7-4-5-13-6-8-15-3/h11-13H,4-10H2,1-3H3. The highest BCUT2D eigenvalue weighted by molar-refractivity contribution is 4.75. The first kappa shape index (κ1) is 13.9. The average molecular weight is 230 g/mol. The SMILES string of the molecule is COCCNCCCN1CC(C)OCC1C. The van der Waals surface area contributed by atoms with Crippen LogP contribution in [0.2, 0.25) is 0 Å². The summed E-state index contributed by atoms with van der Waals surface area (Å²) in [5.41, 5.74) is 0. The molecule has 0 aliphatic carbocycles. The van der Waals surface area contributed by atoms with Crippen LogP contribution < -0.4 is 5.32 Å². The van der Waals surface area contributed by atoms with Crippen molar-refractivity contribution >= 4 is 0 Å². The largest absolute Gasteiger partial charge is 0.383 e. The van der Waals surface area contributed by atoms with Crippen LogP contribution in [0.25, 0.3) is 0 Å². The lowest BCUT2D eigenvalue weighted by Gasteiger charge is -2.36. The summed E-state index contributed by atoms with van der Waals surface area (Å²) in [5.74, 6) is 0. The van der Waals surface area contributed by atoms with Gasteiger partial charge in [0.15, 0.2) is 0 Å². The minimum atomic E-state index is 0.387. The summed E-state index contributed by atoms with van der Waals surface area (Å²) in [4.78, 5) is 2.52. The molecule has 1 N–H and O–H groups in total. The molecular weight excluding hydrogens is 204 g/mol. The van der Waals surface area contributed by atoms with Crippen molar-refractivity contribution in [2.24, 2.45) is 0 Å². The fourth-order valence-corrected chi connectivity index (χ4v) is 1.99. The Morgan fingerprint density at radius 2 is 2.19 bits per heavy atom. The zero-order chi connectivity index (χ0) is 11.8. The maximum absolute atomic E-state index is 5.61. The minimum absolute atomic E-state index is 0.387. The third-order valence-electron chi connectivity index (χ3n) is 3.02. The second-order valence-corrected chi connectivity index (χ2v) is 4.58. The Balaban J connectivity index is 2.02. The monoisotopic (exact) mass is 230 g/mol. The molecule has 1 saturated heterocycles. The summed E-state index contributed by atoms with van der Waals surface area (Å²) < 4.78 is 10.6. The number of nitrogens with one attached hydrogen (secondary N) is 1. The van der Waals surface area contributed by atoms with E-state index in [1.165, 1.54) is 6.42 Å². The number of rotatable bonds is 7. The first-order valence-corrected chi connectivity index (χ1v) is 6.29. The highest BCUT2D eigenvalue weighted by Gasteiger charge is 2.22. The second kappa shape index (κ2) is 8.01. The maximum Gasteiger partial charge on any atom is 0.0674 e. The number of methoxy groups -OCH3 is 1. The van der Waals surface area contributed by atoms with Crippen LogP contribution in [-0.2, 0) is 9.47 Å². The predicted molar refractivity (Wildman–Crippen MR) is 65.8 cm³/mol. The van der Waals surface area contributed by atoms with Gasteiger partial charge in [-0.05, 0) is 33.4 Å². The third kappa shape index (κ3) is 5.25. The van der Waals surface area contributed by atoms with Crippen LogP contribution in [0.15, 0.2) is 0 Å². The Morgan fingerprint density at radius 1 is 1.38 bits per heavy atom. The van der Waals surface area contributed by atoms with E-state index in [4.69, 9.17) is 9.47 Å². The summed E-state index contributed by atoms with van der Waals surface area (Å²) in [6, 6.07) is 0.565. The van der Waals surface area contributed by atoms with Crippen LogP contribution in [0.4, 0.5) is 0 Å². The van der Waals surface area contributed by atoms with Crippen molar-refractivity contribution in [3.63, 3.8) is 0 Å². The quantitative estimate of drug-likeness (QED) is 0.654. The molecule has 0 bridgehead atoms. The lowest BCUT2D eigenvalue weighted by atomic mass is 10.2. The zero-order valence-electron chi connectivity index (χ0n) is 10.9. The van der Waals surface area contributed by atoms with Crippen molar-refractivity contribution in [2.75, 3.05) is 46.5 Å². The van der Waals surface area contributed by atoms with E-state index in [1.54, 1.807) is 7.11 Å². The molecule has 4 nitrogen and oxygen atoms in total.